The zero-order valence-corrected chi connectivity index (χ0v) is 11.7. The average Bonchev–Trinajstić information content (AvgIpc) is 2.20. The Morgan fingerprint density at radius 3 is 2.53 bits per heavy atom. The van der Waals surface area contributed by atoms with Gasteiger partial charge in [0.05, 0.1) is 6.10 Å². The number of halogens is 1. The fraction of sp³-hybridized carbons (Fsp3) is 0.500. The molecule has 1 unspecified atom stereocenters. The molecule has 0 bridgehead atoms. The van der Waals surface area contributed by atoms with Gasteiger partial charge in [-0.25, -0.2) is 0 Å². The van der Waals surface area contributed by atoms with Crippen molar-refractivity contribution in [3.05, 3.63) is 28.2 Å². The number of aliphatic hydroxyl groups is 1. The molecule has 0 aliphatic rings. The Labute approximate surface area is 104 Å². The Morgan fingerprint density at radius 1 is 1.40 bits per heavy atom. The minimum Gasteiger partial charge on any atom is -0.389 e. The summed E-state index contributed by atoms with van der Waals surface area (Å²) in [6.45, 7) is 6.19. The van der Waals surface area contributed by atoms with Crippen LogP contribution in [-0.2, 0) is 0 Å². The van der Waals surface area contributed by atoms with Gasteiger partial charge in [-0.15, -0.1) is 11.8 Å². The first-order valence-corrected chi connectivity index (χ1v) is 6.86. The van der Waals surface area contributed by atoms with Gasteiger partial charge in [0.15, 0.2) is 0 Å². The second-order valence-electron chi connectivity index (χ2n) is 3.70. The molecule has 0 heterocycles. The van der Waals surface area contributed by atoms with E-state index in [9.17, 15) is 5.11 Å². The number of thioether (sulfide) groups is 1. The SMILES string of the molecule is CCC(C)Sc1ccc([C@@H](C)O)cc1Br. The van der Waals surface area contributed by atoms with E-state index < -0.39 is 6.10 Å². The highest BCUT2D eigenvalue weighted by Gasteiger charge is 2.08. The van der Waals surface area contributed by atoms with Crippen LogP contribution in [0.15, 0.2) is 27.6 Å². The minimum atomic E-state index is -0.399. The van der Waals surface area contributed by atoms with E-state index in [1.165, 1.54) is 4.90 Å². The predicted molar refractivity (Wildman–Crippen MR) is 70.4 cm³/mol. The summed E-state index contributed by atoms with van der Waals surface area (Å²) in [5.74, 6) is 0. The normalized spacial score (nSPS) is 15.0. The predicted octanol–water partition coefficient (Wildman–Crippen LogP) is 4.39. The third-order valence-electron chi connectivity index (χ3n) is 2.34. The molecule has 1 nitrogen and oxygen atoms in total. The number of rotatable bonds is 4. The highest BCUT2D eigenvalue weighted by Crippen LogP contribution is 2.33. The van der Waals surface area contributed by atoms with Gasteiger partial charge in [-0.1, -0.05) is 19.9 Å². The number of hydrogen-bond donors (Lipinski definition) is 1. The van der Waals surface area contributed by atoms with Crippen molar-refractivity contribution < 1.29 is 5.11 Å². The van der Waals surface area contributed by atoms with Crippen molar-refractivity contribution in [2.45, 2.75) is 43.4 Å². The molecular formula is C12H17BrOS. The molecule has 3 heteroatoms. The van der Waals surface area contributed by atoms with E-state index in [0.29, 0.717) is 5.25 Å². The van der Waals surface area contributed by atoms with Crippen LogP contribution in [-0.4, -0.2) is 10.4 Å². The second-order valence-corrected chi connectivity index (χ2v) is 6.04. The minimum absolute atomic E-state index is 0.399. The molecule has 0 aliphatic carbocycles. The van der Waals surface area contributed by atoms with E-state index in [1.54, 1.807) is 6.92 Å². The quantitative estimate of drug-likeness (QED) is 0.829. The maximum absolute atomic E-state index is 9.44. The van der Waals surface area contributed by atoms with Crippen molar-refractivity contribution >= 4 is 27.7 Å². The van der Waals surface area contributed by atoms with Crippen LogP contribution in [0.5, 0.6) is 0 Å². The fourth-order valence-electron chi connectivity index (χ4n) is 1.17. The highest BCUT2D eigenvalue weighted by atomic mass is 79.9. The van der Waals surface area contributed by atoms with Crippen LogP contribution in [0.25, 0.3) is 0 Å². The summed E-state index contributed by atoms with van der Waals surface area (Å²) in [5, 5.41) is 10.1. The Kier molecular flexibility index (Phi) is 5.16. The summed E-state index contributed by atoms with van der Waals surface area (Å²) in [5.41, 5.74) is 0.954. The lowest BCUT2D eigenvalue weighted by Crippen LogP contribution is -1.94. The Morgan fingerprint density at radius 2 is 2.07 bits per heavy atom. The molecule has 0 aromatic heterocycles. The van der Waals surface area contributed by atoms with E-state index >= 15 is 0 Å². The summed E-state index contributed by atoms with van der Waals surface area (Å²) >= 11 is 5.40. The Bertz CT molecular complexity index is 325. The van der Waals surface area contributed by atoms with Gasteiger partial charge in [-0.05, 0) is 47.0 Å². The van der Waals surface area contributed by atoms with Crippen molar-refractivity contribution in [1.82, 2.24) is 0 Å². The van der Waals surface area contributed by atoms with E-state index in [2.05, 4.69) is 35.8 Å². The van der Waals surface area contributed by atoms with Crippen molar-refractivity contribution in [3.8, 4) is 0 Å². The molecule has 2 atom stereocenters. The van der Waals surface area contributed by atoms with Crippen molar-refractivity contribution in [2.75, 3.05) is 0 Å². The largest absolute Gasteiger partial charge is 0.389 e. The summed E-state index contributed by atoms with van der Waals surface area (Å²) in [7, 11) is 0. The molecule has 0 radical (unpaired) electrons. The molecule has 0 saturated heterocycles. The molecule has 1 aromatic carbocycles. The molecule has 0 saturated carbocycles. The molecule has 1 rings (SSSR count). The monoisotopic (exact) mass is 288 g/mol. The zero-order chi connectivity index (χ0) is 11.4. The van der Waals surface area contributed by atoms with Gasteiger partial charge < -0.3 is 5.11 Å². The Balaban J connectivity index is 2.83. The molecule has 84 valence electrons. The first kappa shape index (κ1) is 13.1. The van der Waals surface area contributed by atoms with Gasteiger partial charge in [0.2, 0.25) is 0 Å². The first-order chi connectivity index (χ1) is 7.04. The van der Waals surface area contributed by atoms with Crippen LogP contribution in [0, 0.1) is 0 Å². The van der Waals surface area contributed by atoms with Gasteiger partial charge in [0.1, 0.15) is 0 Å². The molecule has 1 aromatic rings. The van der Waals surface area contributed by atoms with Gasteiger partial charge in [0.25, 0.3) is 0 Å². The van der Waals surface area contributed by atoms with Crippen LogP contribution in [0.4, 0.5) is 0 Å². The molecule has 0 fully saturated rings. The van der Waals surface area contributed by atoms with E-state index in [1.807, 2.05) is 23.9 Å². The van der Waals surface area contributed by atoms with E-state index in [-0.39, 0.29) is 0 Å². The van der Waals surface area contributed by atoms with Crippen LogP contribution in [0.1, 0.15) is 38.9 Å². The van der Waals surface area contributed by atoms with Crippen LogP contribution in [0.3, 0.4) is 0 Å². The smallest absolute Gasteiger partial charge is 0.0762 e. The summed E-state index contributed by atoms with van der Waals surface area (Å²) in [6, 6.07) is 6.05. The molecule has 0 amide bonds. The van der Waals surface area contributed by atoms with Crippen molar-refractivity contribution in [1.29, 1.82) is 0 Å². The number of aliphatic hydroxyl groups excluding tert-OH is 1. The van der Waals surface area contributed by atoms with Crippen LogP contribution >= 0.6 is 27.7 Å². The van der Waals surface area contributed by atoms with Crippen LogP contribution < -0.4 is 0 Å². The summed E-state index contributed by atoms with van der Waals surface area (Å²) in [6.07, 6.45) is 0.763. The lowest BCUT2D eigenvalue weighted by atomic mass is 10.1. The third kappa shape index (κ3) is 3.82. The van der Waals surface area contributed by atoms with E-state index in [0.717, 1.165) is 16.5 Å². The lowest BCUT2D eigenvalue weighted by Gasteiger charge is -2.12. The molecule has 0 aliphatic heterocycles. The maximum Gasteiger partial charge on any atom is 0.0762 e. The lowest BCUT2D eigenvalue weighted by molar-refractivity contribution is 0.199. The van der Waals surface area contributed by atoms with Gasteiger partial charge in [-0.2, -0.15) is 0 Å². The van der Waals surface area contributed by atoms with Gasteiger partial charge in [-0.3, -0.25) is 0 Å². The summed E-state index contributed by atoms with van der Waals surface area (Å²) < 4.78 is 1.08. The van der Waals surface area contributed by atoms with E-state index in [4.69, 9.17) is 0 Å². The van der Waals surface area contributed by atoms with Gasteiger partial charge >= 0.3 is 0 Å². The standard InChI is InChI=1S/C12H17BrOS/c1-4-8(2)15-12-6-5-10(9(3)14)7-11(12)13/h5-9,14H,4H2,1-3H3/t8?,9-/m1/s1. The van der Waals surface area contributed by atoms with Gasteiger partial charge in [0, 0.05) is 14.6 Å². The van der Waals surface area contributed by atoms with Crippen LogP contribution in [0.2, 0.25) is 0 Å². The first-order valence-electron chi connectivity index (χ1n) is 5.18. The molecule has 1 N–H and O–H groups in total. The number of hydrogen-bond acceptors (Lipinski definition) is 2. The average molecular weight is 289 g/mol. The fourth-order valence-corrected chi connectivity index (χ4v) is 2.77. The highest BCUT2D eigenvalue weighted by molar-refractivity contribution is 9.10. The molecular weight excluding hydrogens is 272 g/mol. The molecule has 15 heavy (non-hydrogen) atoms. The third-order valence-corrected chi connectivity index (χ3v) is 4.61. The Hall–Kier alpha value is 0.01000. The van der Waals surface area contributed by atoms with Crippen molar-refractivity contribution in [3.63, 3.8) is 0 Å². The summed E-state index contributed by atoms with van der Waals surface area (Å²) in [4.78, 5) is 1.24. The van der Waals surface area contributed by atoms with Crippen molar-refractivity contribution in [2.24, 2.45) is 0 Å². The molecule has 0 spiro atoms. The zero-order valence-electron chi connectivity index (χ0n) is 9.33. The maximum atomic E-state index is 9.44. The second kappa shape index (κ2) is 5.92. The topological polar surface area (TPSA) is 20.2 Å². The number of benzene rings is 1.